The number of hydrogen-bond donors (Lipinski definition) is 1. The van der Waals surface area contributed by atoms with E-state index in [1.165, 1.54) is 25.7 Å². The summed E-state index contributed by atoms with van der Waals surface area (Å²) >= 11 is 0. The van der Waals surface area contributed by atoms with E-state index >= 15 is 0 Å². The molecule has 2 heterocycles. The van der Waals surface area contributed by atoms with Crippen LogP contribution in [0.2, 0.25) is 0 Å². The van der Waals surface area contributed by atoms with Gasteiger partial charge in [-0.2, -0.15) is 0 Å². The second-order valence-electron chi connectivity index (χ2n) is 5.28. The van der Waals surface area contributed by atoms with E-state index in [1.54, 1.807) is 6.20 Å². The number of imidazole rings is 1. The highest BCUT2D eigenvalue weighted by Gasteiger charge is 2.26. The highest BCUT2D eigenvalue weighted by molar-refractivity contribution is 5.57. The summed E-state index contributed by atoms with van der Waals surface area (Å²) in [7, 11) is 0. The molecule has 4 nitrogen and oxygen atoms in total. The minimum atomic E-state index is 0.361. The summed E-state index contributed by atoms with van der Waals surface area (Å²) in [5.41, 5.74) is 8.26. The number of nitrogens with two attached hydrogens (primary N) is 1. The molecule has 1 unspecified atom stereocenters. The molecule has 1 atom stereocenters. The molecule has 0 amide bonds. The third kappa shape index (κ3) is 2.40. The highest BCUT2D eigenvalue weighted by atomic mass is 15.1. The first-order valence-electron chi connectivity index (χ1n) is 7.02. The van der Waals surface area contributed by atoms with E-state index in [0.717, 1.165) is 11.3 Å². The molecule has 4 heteroatoms. The van der Waals surface area contributed by atoms with Crippen LogP contribution in [0.5, 0.6) is 0 Å². The zero-order valence-corrected chi connectivity index (χ0v) is 11.1. The van der Waals surface area contributed by atoms with Gasteiger partial charge in [0.05, 0.1) is 24.3 Å². The average Bonchev–Trinajstić information content (AvgIpc) is 3.12. The third-order valence-electron chi connectivity index (χ3n) is 4.17. The Morgan fingerprint density at radius 3 is 2.79 bits per heavy atom. The van der Waals surface area contributed by atoms with Gasteiger partial charge in [-0.25, -0.2) is 4.98 Å². The van der Waals surface area contributed by atoms with Gasteiger partial charge in [0.2, 0.25) is 0 Å². The molecule has 1 saturated carbocycles. The molecule has 3 rings (SSSR count). The zero-order chi connectivity index (χ0) is 13.1. The van der Waals surface area contributed by atoms with Gasteiger partial charge in [-0.15, -0.1) is 0 Å². The molecule has 0 saturated heterocycles. The van der Waals surface area contributed by atoms with Gasteiger partial charge in [-0.05, 0) is 30.9 Å². The van der Waals surface area contributed by atoms with Crippen LogP contribution >= 0.6 is 0 Å². The van der Waals surface area contributed by atoms with Crippen molar-refractivity contribution in [2.45, 2.75) is 31.7 Å². The van der Waals surface area contributed by atoms with E-state index in [2.05, 4.69) is 20.6 Å². The maximum atomic E-state index is 6.03. The number of aromatic nitrogens is 3. The lowest BCUT2D eigenvalue weighted by Gasteiger charge is -2.25. The molecule has 0 radical (unpaired) electrons. The molecule has 0 spiro atoms. The Bertz CT molecular complexity index is 514. The van der Waals surface area contributed by atoms with Crippen LogP contribution in [0.3, 0.4) is 0 Å². The third-order valence-corrected chi connectivity index (χ3v) is 4.17. The van der Waals surface area contributed by atoms with Gasteiger partial charge in [-0.1, -0.05) is 12.8 Å². The predicted molar refractivity (Wildman–Crippen MR) is 75.5 cm³/mol. The highest BCUT2D eigenvalue weighted by Crippen LogP contribution is 2.35. The topological polar surface area (TPSA) is 56.7 Å². The number of nitrogens with zero attached hydrogens (tertiary/aromatic N) is 3. The Kier molecular flexibility index (Phi) is 3.60. The maximum absolute atomic E-state index is 6.03. The molecule has 0 aliphatic heterocycles. The van der Waals surface area contributed by atoms with Crippen LogP contribution in [0, 0.1) is 5.92 Å². The lowest BCUT2D eigenvalue weighted by Crippen LogP contribution is -2.25. The summed E-state index contributed by atoms with van der Waals surface area (Å²) in [6, 6.07) is 4.39. The molecule has 1 fully saturated rings. The minimum Gasteiger partial charge on any atom is -0.328 e. The SMILES string of the molecule is NCC(C1CCCC1)n1cncc1-c1cccnc1. The second-order valence-corrected chi connectivity index (χ2v) is 5.28. The fraction of sp³-hybridized carbons (Fsp3) is 0.467. The van der Waals surface area contributed by atoms with Gasteiger partial charge < -0.3 is 10.3 Å². The number of hydrogen-bond acceptors (Lipinski definition) is 3. The van der Waals surface area contributed by atoms with Crippen LogP contribution in [0.25, 0.3) is 11.3 Å². The Balaban J connectivity index is 1.94. The minimum absolute atomic E-state index is 0.361. The van der Waals surface area contributed by atoms with Gasteiger partial charge >= 0.3 is 0 Å². The van der Waals surface area contributed by atoms with Crippen molar-refractivity contribution in [3.05, 3.63) is 37.1 Å². The summed E-state index contributed by atoms with van der Waals surface area (Å²) in [4.78, 5) is 8.51. The van der Waals surface area contributed by atoms with E-state index in [4.69, 9.17) is 5.73 Å². The van der Waals surface area contributed by atoms with E-state index in [9.17, 15) is 0 Å². The van der Waals surface area contributed by atoms with Crippen molar-refractivity contribution < 1.29 is 0 Å². The van der Waals surface area contributed by atoms with Crippen LogP contribution in [0.15, 0.2) is 37.1 Å². The van der Waals surface area contributed by atoms with E-state index < -0.39 is 0 Å². The first kappa shape index (κ1) is 12.4. The van der Waals surface area contributed by atoms with Crippen LogP contribution < -0.4 is 5.73 Å². The summed E-state index contributed by atoms with van der Waals surface area (Å²) in [6.07, 6.45) is 12.7. The average molecular weight is 256 g/mol. The zero-order valence-electron chi connectivity index (χ0n) is 11.1. The predicted octanol–water partition coefficient (Wildman–Crippen LogP) is 2.64. The maximum Gasteiger partial charge on any atom is 0.0954 e. The largest absolute Gasteiger partial charge is 0.328 e. The molecule has 2 aromatic rings. The van der Waals surface area contributed by atoms with Crippen molar-refractivity contribution in [3.8, 4) is 11.3 Å². The van der Waals surface area contributed by atoms with Crippen LogP contribution in [0.1, 0.15) is 31.7 Å². The van der Waals surface area contributed by atoms with Gasteiger partial charge in [0, 0.05) is 24.5 Å². The Hall–Kier alpha value is -1.68. The summed E-state index contributed by atoms with van der Waals surface area (Å²) in [5, 5.41) is 0. The lowest BCUT2D eigenvalue weighted by molar-refractivity contribution is 0.344. The summed E-state index contributed by atoms with van der Waals surface area (Å²) < 4.78 is 2.24. The van der Waals surface area contributed by atoms with Gasteiger partial charge in [0.15, 0.2) is 0 Å². The van der Waals surface area contributed by atoms with Crippen molar-refractivity contribution >= 4 is 0 Å². The molecule has 2 N–H and O–H groups in total. The standard InChI is InChI=1S/C15H20N4/c16-8-14(12-4-1-2-5-12)19-11-18-10-15(19)13-6-3-7-17-9-13/h3,6-7,9-12,14H,1-2,4-5,8,16H2. The van der Waals surface area contributed by atoms with Gasteiger partial charge in [-0.3, -0.25) is 4.98 Å². The molecular weight excluding hydrogens is 236 g/mol. The Morgan fingerprint density at radius 2 is 2.11 bits per heavy atom. The quantitative estimate of drug-likeness (QED) is 0.915. The first-order chi connectivity index (χ1) is 9.40. The van der Waals surface area contributed by atoms with E-state index in [0.29, 0.717) is 18.5 Å². The van der Waals surface area contributed by atoms with Crippen molar-refractivity contribution in [2.75, 3.05) is 6.54 Å². The first-order valence-corrected chi connectivity index (χ1v) is 7.02. The van der Waals surface area contributed by atoms with Crippen LogP contribution in [0.4, 0.5) is 0 Å². The van der Waals surface area contributed by atoms with E-state index in [1.807, 2.05) is 24.8 Å². The lowest BCUT2D eigenvalue weighted by atomic mass is 9.97. The van der Waals surface area contributed by atoms with Crippen LogP contribution in [-0.4, -0.2) is 21.1 Å². The molecule has 0 bridgehead atoms. The molecule has 0 aromatic carbocycles. The molecule has 100 valence electrons. The second kappa shape index (κ2) is 5.53. The molecule has 2 aromatic heterocycles. The smallest absolute Gasteiger partial charge is 0.0954 e. The van der Waals surface area contributed by atoms with Crippen molar-refractivity contribution in [1.29, 1.82) is 0 Å². The van der Waals surface area contributed by atoms with Crippen LogP contribution in [-0.2, 0) is 0 Å². The number of pyridine rings is 1. The molecule has 19 heavy (non-hydrogen) atoms. The molecule has 1 aliphatic rings. The van der Waals surface area contributed by atoms with Crippen molar-refractivity contribution in [1.82, 2.24) is 14.5 Å². The molecule has 1 aliphatic carbocycles. The Labute approximate surface area is 113 Å². The normalized spacial score (nSPS) is 17.7. The van der Waals surface area contributed by atoms with Gasteiger partial charge in [0.25, 0.3) is 0 Å². The summed E-state index contributed by atoms with van der Waals surface area (Å²) in [6.45, 7) is 0.675. The molecular formula is C15H20N4. The van der Waals surface area contributed by atoms with Gasteiger partial charge in [0.1, 0.15) is 0 Å². The number of rotatable bonds is 4. The fourth-order valence-corrected chi connectivity index (χ4v) is 3.18. The van der Waals surface area contributed by atoms with Crippen molar-refractivity contribution in [2.24, 2.45) is 11.7 Å². The Morgan fingerprint density at radius 1 is 1.26 bits per heavy atom. The van der Waals surface area contributed by atoms with Crippen molar-refractivity contribution in [3.63, 3.8) is 0 Å². The summed E-state index contributed by atoms with van der Waals surface area (Å²) in [5.74, 6) is 0.689. The fourth-order valence-electron chi connectivity index (χ4n) is 3.18. The monoisotopic (exact) mass is 256 g/mol. The van der Waals surface area contributed by atoms with E-state index in [-0.39, 0.29) is 0 Å².